The Morgan fingerprint density at radius 2 is 1.90 bits per heavy atom. The maximum absolute atomic E-state index is 13.0. The molecule has 6 heteroatoms. The predicted octanol–water partition coefficient (Wildman–Crippen LogP) is 3.79. The van der Waals surface area contributed by atoms with E-state index >= 15 is 0 Å². The average molecular weight is 393 g/mol. The van der Waals surface area contributed by atoms with E-state index in [1.54, 1.807) is 24.3 Å². The minimum atomic E-state index is -0.416. The molecule has 2 aliphatic rings. The number of Topliss-reactive ketones (excluding diaryl/α,β-unsaturated/α-hetero) is 1. The Bertz CT molecular complexity index is 998. The summed E-state index contributed by atoms with van der Waals surface area (Å²) < 4.78 is 18.5. The van der Waals surface area contributed by atoms with Crippen molar-refractivity contribution in [1.29, 1.82) is 0 Å². The van der Waals surface area contributed by atoms with E-state index in [9.17, 15) is 18.8 Å². The molecule has 0 spiro atoms. The number of ether oxygens (including phenoxy) is 1. The molecule has 1 saturated heterocycles. The number of allylic oxidation sites excluding steroid dienone is 2. The zero-order valence-corrected chi connectivity index (χ0v) is 15.9. The fourth-order valence-electron chi connectivity index (χ4n) is 3.98. The number of ketones is 1. The number of carbonyl (C=O) groups is 3. The van der Waals surface area contributed by atoms with Crippen molar-refractivity contribution in [3.05, 3.63) is 72.1 Å². The number of benzene rings is 2. The van der Waals surface area contributed by atoms with E-state index in [4.69, 9.17) is 4.74 Å². The van der Waals surface area contributed by atoms with Crippen molar-refractivity contribution < 1.29 is 23.5 Å². The minimum absolute atomic E-state index is 0.0166. The van der Waals surface area contributed by atoms with Crippen molar-refractivity contribution in [3.8, 4) is 5.75 Å². The van der Waals surface area contributed by atoms with Crippen LogP contribution in [0.2, 0.25) is 0 Å². The highest BCUT2D eigenvalue weighted by molar-refractivity contribution is 6.22. The van der Waals surface area contributed by atoms with Gasteiger partial charge in [-0.2, -0.15) is 0 Å². The molecule has 3 atom stereocenters. The second kappa shape index (κ2) is 7.62. The number of imide groups is 1. The van der Waals surface area contributed by atoms with Gasteiger partial charge in [0.05, 0.1) is 17.5 Å². The SMILES string of the molecule is C[C@H]1C=CC[C@H]2C(=O)N(c3cccc(OCC(=O)c4ccc(F)cc4)c3)C(=O)[C@H]12. The van der Waals surface area contributed by atoms with Crippen LogP contribution in [0.3, 0.4) is 0 Å². The number of fused-ring (bicyclic) bond motifs is 1. The van der Waals surface area contributed by atoms with Gasteiger partial charge in [-0.05, 0) is 48.7 Å². The molecule has 29 heavy (non-hydrogen) atoms. The third kappa shape index (κ3) is 3.58. The van der Waals surface area contributed by atoms with E-state index in [1.165, 1.54) is 29.2 Å². The second-order valence-corrected chi connectivity index (χ2v) is 7.38. The predicted molar refractivity (Wildman–Crippen MR) is 105 cm³/mol. The van der Waals surface area contributed by atoms with Gasteiger partial charge >= 0.3 is 0 Å². The molecule has 1 heterocycles. The first kappa shape index (κ1) is 19.1. The van der Waals surface area contributed by atoms with Crippen LogP contribution in [0.4, 0.5) is 10.1 Å². The number of hydrogen-bond donors (Lipinski definition) is 0. The minimum Gasteiger partial charge on any atom is -0.485 e. The molecule has 0 bridgehead atoms. The molecule has 1 aliphatic carbocycles. The largest absolute Gasteiger partial charge is 0.485 e. The fraction of sp³-hybridized carbons (Fsp3) is 0.261. The van der Waals surface area contributed by atoms with Crippen LogP contribution < -0.4 is 9.64 Å². The lowest BCUT2D eigenvalue weighted by Crippen LogP contribution is -2.31. The maximum atomic E-state index is 13.0. The molecule has 0 radical (unpaired) electrons. The number of carbonyl (C=O) groups excluding carboxylic acids is 3. The smallest absolute Gasteiger partial charge is 0.238 e. The van der Waals surface area contributed by atoms with E-state index in [-0.39, 0.29) is 42.0 Å². The van der Waals surface area contributed by atoms with Crippen molar-refractivity contribution in [1.82, 2.24) is 0 Å². The number of halogens is 1. The number of rotatable bonds is 5. The van der Waals surface area contributed by atoms with Crippen molar-refractivity contribution in [2.75, 3.05) is 11.5 Å². The highest BCUT2D eigenvalue weighted by Gasteiger charge is 2.50. The molecule has 0 N–H and O–H groups in total. The van der Waals surface area contributed by atoms with E-state index in [2.05, 4.69) is 0 Å². The van der Waals surface area contributed by atoms with Gasteiger partial charge in [0.15, 0.2) is 12.4 Å². The van der Waals surface area contributed by atoms with E-state index in [0.717, 1.165) is 0 Å². The molecule has 1 aliphatic heterocycles. The zero-order chi connectivity index (χ0) is 20.5. The Hall–Kier alpha value is -3.28. The van der Waals surface area contributed by atoms with Gasteiger partial charge < -0.3 is 4.74 Å². The number of anilines is 1. The van der Waals surface area contributed by atoms with Gasteiger partial charge in [-0.3, -0.25) is 14.4 Å². The summed E-state index contributed by atoms with van der Waals surface area (Å²) >= 11 is 0. The maximum Gasteiger partial charge on any atom is 0.238 e. The number of amides is 2. The normalized spacial score (nSPS) is 23.2. The third-order valence-electron chi connectivity index (χ3n) is 5.48. The zero-order valence-electron chi connectivity index (χ0n) is 15.9. The Balaban J connectivity index is 1.49. The molecule has 0 unspecified atom stereocenters. The van der Waals surface area contributed by atoms with Crippen LogP contribution in [0.25, 0.3) is 0 Å². The first-order chi connectivity index (χ1) is 14.0. The van der Waals surface area contributed by atoms with Gasteiger partial charge in [-0.15, -0.1) is 0 Å². The van der Waals surface area contributed by atoms with Crippen LogP contribution in [0.1, 0.15) is 23.7 Å². The van der Waals surface area contributed by atoms with Crippen molar-refractivity contribution in [3.63, 3.8) is 0 Å². The monoisotopic (exact) mass is 393 g/mol. The van der Waals surface area contributed by atoms with Crippen LogP contribution in [-0.2, 0) is 9.59 Å². The van der Waals surface area contributed by atoms with Gasteiger partial charge in [0.1, 0.15) is 11.6 Å². The highest BCUT2D eigenvalue weighted by Crippen LogP contribution is 2.40. The fourth-order valence-corrected chi connectivity index (χ4v) is 3.98. The van der Waals surface area contributed by atoms with Gasteiger partial charge in [0.2, 0.25) is 11.8 Å². The van der Waals surface area contributed by atoms with Crippen molar-refractivity contribution in [2.24, 2.45) is 17.8 Å². The van der Waals surface area contributed by atoms with Crippen LogP contribution in [0.15, 0.2) is 60.7 Å². The lowest BCUT2D eigenvalue weighted by molar-refractivity contribution is -0.122. The number of hydrogen-bond acceptors (Lipinski definition) is 4. The average Bonchev–Trinajstić information content (AvgIpc) is 2.98. The van der Waals surface area contributed by atoms with Gasteiger partial charge in [-0.25, -0.2) is 9.29 Å². The molecule has 0 saturated carbocycles. The van der Waals surface area contributed by atoms with Crippen molar-refractivity contribution >= 4 is 23.3 Å². The topological polar surface area (TPSA) is 63.7 Å². The standard InChI is InChI=1S/C23H20FNO4/c1-14-4-2-7-19-21(14)23(28)25(22(19)27)17-5-3-6-18(12-17)29-13-20(26)15-8-10-16(24)11-9-15/h2-6,8-12,14,19,21H,7,13H2,1H3/t14-,19+,21+/m0/s1. The Labute approximate surface area is 167 Å². The number of nitrogens with zero attached hydrogens (tertiary/aromatic N) is 1. The van der Waals surface area contributed by atoms with Gasteiger partial charge in [-0.1, -0.05) is 25.1 Å². The molecule has 2 amide bonds. The van der Waals surface area contributed by atoms with Crippen LogP contribution in [-0.4, -0.2) is 24.2 Å². The Morgan fingerprint density at radius 3 is 2.62 bits per heavy atom. The van der Waals surface area contributed by atoms with Gasteiger partial charge in [0.25, 0.3) is 0 Å². The summed E-state index contributed by atoms with van der Waals surface area (Å²) in [5.74, 6) is -1.38. The summed E-state index contributed by atoms with van der Waals surface area (Å²) in [5, 5.41) is 0. The molecule has 0 aromatic heterocycles. The third-order valence-corrected chi connectivity index (χ3v) is 5.48. The van der Waals surface area contributed by atoms with Crippen LogP contribution >= 0.6 is 0 Å². The molecule has 4 rings (SSSR count). The van der Waals surface area contributed by atoms with E-state index in [1.807, 2.05) is 19.1 Å². The molecule has 1 fully saturated rings. The lowest BCUT2D eigenvalue weighted by atomic mass is 9.78. The summed E-state index contributed by atoms with van der Waals surface area (Å²) in [6.45, 7) is 1.71. The van der Waals surface area contributed by atoms with Crippen LogP contribution in [0, 0.1) is 23.6 Å². The summed E-state index contributed by atoms with van der Waals surface area (Å²) in [7, 11) is 0. The van der Waals surface area contributed by atoms with Gasteiger partial charge in [0, 0.05) is 11.6 Å². The Kier molecular flexibility index (Phi) is 5.01. The summed E-state index contributed by atoms with van der Waals surface area (Å²) in [4.78, 5) is 39.2. The van der Waals surface area contributed by atoms with Crippen molar-refractivity contribution in [2.45, 2.75) is 13.3 Å². The highest BCUT2D eigenvalue weighted by atomic mass is 19.1. The molecular weight excluding hydrogens is 373 g/mol. The summed E-state index contributed by atoms with van der Waals surface area (Å²) in [6.07, 6.45) is 4.51. The summed E-state index contributed by atoms with van der Waals surface area (Å²) in [6, 6.07) is 11.8. The molecule has 2 aromatic rings. The van der Waals surface area contributed by atoms with Crippen LogP contribution in [0.5, 0.6) is 5.75 Å². The molecule has 5 nitrogen and oxygen atoms in total. The summed E-state index contributed by atoms with van der Waals surface area (Å²) in [5.41, 5.74) is 0.784. The Morgan fingerprint density at radius 1 is 1.14 bits per heavy atom. The first-order valence-electron chi connectivity index (χ1n) is 9.52. The molecule has 2 aromatic carbocycles. The second-order valence-electron chi connectivity index (χ2n) is 7.38. The first-order valence-corrected chi connectivity index (χ1v) is 9.52. The molecule has 148 valence electrons. The van der Waals surface area contributed by atoms with E-state index < -0.39 is 5.82 Å². The lowest BCUT2D eigenvalue weighted by Gasteiger charge is -2.22. The van der Waals surface area contributed by atoms with E-state index in [0.29, 0.717) is 23.4 Å². The quantitative estimate of drug-likeness (QED) is 0.441. The molecular formula is C23H20FNO4.